The minimum atomic E-state index is -0.492. The first-order chi connectivity index (χ1) is 11.5. The molecule has 0 fully saturated rings. The second kappa shape index (κ2) is 8.07. The third-order valence-corrected chi connectivity index (χ3v) is 3.22. The number of nitrogens with zero attached hydrogens (tertiary/aromatic N) is 2. The number of nitro groups is 1. The minimum Gasteiger partial charge on any atom is -0.484 e. The predicted molar refractivity (Wildman–Crippen MR) is 90.4 cm³/mol. The lowest BCUT2D eigenvalue weighted by atomic mass is 10.1. The molecule has 1 amide bonds. The lowest BCUT2D eigenvalue weighted by Gasteiger charge is -2.06. The molecule has 0 radical (unpaired) electrons. The number of amides is 1. The Morgan fingerprint density at radius 1 is 1.29 bits per heavy atom. The maximum absolute atomic E-state index is 11.7. The largest absolute Gasteiger partial charge is 0.484 e. The van der Waals surface area contributed by atoms with Gasteiger partial charge >= 0.3 is 0 Å². The van der Waals surface area contributed by atoms with Crippen molar-refractivity contribution in [3.05, 3.63) is 69.2 Å². The number of ether oxygens (including phenoxy) is 1. The summed E-state index contributed by atoms with van der Waals surface area (Å²) in [6.07, 6.45) is 0. The van der Waals surface area contributed by atoms with Crippen molar-refractivity contribution in [2.45, 2.75) is 6.92 Å². The van der Waals surface area contributed by atoms with E-state index in [1.807, 2.05) is 0 Å². The third-order valence-electron chi connectivity index (χ3n) is 2.99. The number of rotatable bonds is 6. The summed E-state index contributed by atoms with van der Waals surface area (Å²) in [6, 6.07) is 12.7. The molecule has 1 N–H and O–H groups in total. The van der Waals surface area contributed by atoms with Crippen LogP contribution in [-0.2, 0) is 4.79 Å². The van der Waals surface area contributed by atoms with E-state index in [1.165, 1.54) is 12.1 Å². The smallest absolute Gasteiger partial charge is 0.277 e. The van der Waals surface area contributed by atoms with Crippen LogP contribution in [0.2, 0.25) is 5.02 Å². The first-order valence-electron chi connectivity index (χ1n) is 6.92. The van der Waals surface area contributed by atoms with Gasteiger partial charge in [-0.25, -0.2) is 5.43 Å². The van der Waals surface area contributed by atoms with E-state index < -0.39 is 10.8 Å². The van der Waals surface area contributed by atoms with Gasteiger partial charge in [-0.05, 0) is 25.1 Å². The molecule has 0 aromatic heterocycles. The zero-order valence-electron chi connectivity index (χ0n) is 12.7. The molecule has 0 aliphatic rings. The molecule has 0 heterocycles. The van der Waals surface area contributed by atoms with Gasteiger partial charge < -0.3 is 4.74 Å². The SMILES string of the molecule is C/C(=N/NC(=O)COc1cccc(Cl)c1)c1cccc([N+](=O)[O-])c1. The summed E-state index contributed by atoms with van der Waals surface area (Å²) >= 11 is 5.82. The lowest BCUT2D eigenvalue weighted by Crippen LogP contribution is -2.25. The molecule has 2 rings (SSSR count). The number of nitrogens with one attached hydrogen (secondary N) is 1. The molecule has 124 valence electrons. The number of nitro benzene ring substituents is 1. The van der Waals surface area contributed by atoms with Gasteiger partial charge in [-0.3, -0.25) is 14.9 Å². The van der Waals surface area contributed by atoms with E-state index >= 15 is 0 Å². The molecule has 2 aromatic rings. The summed E-state index contributed by atoms with van der Waals surface area (Å²) in [5.41, 5.74) is 3.27. The average Bonchev–Trinajstić information content (AvgIpc) is 2.58. The summed E-state index contributed by atoms with van der Waals surface area (Å²) in [4.78, 5) is 22.0. The molecule has 0 spiro atoms. The van der Waals surface area contributed by atoms with Crippen molar-refractivity contribution in [2.24, 2.45) is 5.10 Å². The predicted octanol–water partition coefficient (Wildman–Crippen LogP) is 3.17. The number of benzene rings is 2. The second-order valence-electron chi connectivity index (χ2n) is 4.79. The fraction of sp³-hybridized carbons (Fsp3) is 0.125. The van der Waals surface area contributed by atoms with E-state index in [2.05, 4.69) is 10.5 Å². The summed E-state index contributed by atoms with van der Waals surface area (Å²) in [5, 5.41) is 15.2. The van der Waals surface area contributed by atoms with Gasteiger partial charge in [0.25, 0.3) is 11.6 Å². The van der Waals surface area contributed by atoms with E-state index in [0.717, 1.165) is 0 Å². The molecule has 7 nitrogen and oxygen atoms in total. The average molecular weight is 348 g/mol. The van der Waals surface area contributed by atoms with E-state index in [4.69, 9.17) is 16.3 Å². The van der Waals surface area contributed by atoms with Crippen LogP contribution in [0.4, 0.5) is 5.69 Å². The molecular formula is C16H14ClN3O4. The molecule has 8 heteroatoms. The fourth-order valence-corrected chi connectivity index (χ4v) is 1.97. The van der Waals surface area contributed by atoms with Gasteiger partial charge in [0.1, 0.15) is 5.75 Å². The highest BCUT2D eigenvalue weighted by atomic mass is 35.5. The third kappa shape index (κ3) is 5.06. The highest BCUT2D eigenvalue weighted by Gasteiger charge is 2.08. The van der Waals surface area contributed by atoms with E-state index in [0.29, 0.717) is 22.0 Å². The Bertz CT molecular complexity index is 792. The molecule has 0 aliphatic carbocycles. The van der Waals surface area contributed by atoms with Gasteiger partial charge in [-0.2, -0.15) is 5.10 Å². The molecule has 2 aromatic carbocycles. The minimum absolute atomic E-state index is 0.0438. The van der Waals surface area contributed by atoms with Gasteiger partial charge in [0.05, 0.1) is 10.6 Å². The van der Waals surface area contributed by atoms with Crippen molar-refractivity contribution in [1.82, 2.24) is 5.43 Å². The molecule has 0 saturated carbocycles. The van der Waals surface area contributed by atoms with Crippen LogP contribution in [0.1, 0.15) is 12.5 Å². The van der Waals surface area contributed by atoms with Crippen LogP contribution in [0.5, 0.6) is 5.75 Å². The number of carbonyl (C=O) groups excluding carboxylic acids is 1. The zero-order valence-corrected chi connectivity index (χ0v) is 13.5. The van der Waals surface area contributed by atoms with Crippen molar-refractivity contribution >= 4 is 28.9 Å². The lowest BCUT2D eigenvalue weighted by molar-refractivity contribution is -0.384. The van der Waals surface area contributed by atoms with Gasteiger partial charge in [-0.1, -0.05) is 29.8 Å². The monoisotopic (exact) mass is 347 g/mol. The molecule has 0 atom stereocenters. The highest BCUT2D eigenvalue weighted by Crippen LogP contribution is 2.17. The molecule has 0 aliphatic heterocycles. The van der Waals surface area contributed by atoms with Crippen molar-refractivity contribution in [3.63, 3.8) is 0 Å². The zero-order chi connectivity index (χ0) is 17.5. The topological polar surface area (TPSA) is 93.8 Å². The van der Waals surface area contributed by atoms with E-state index in [9.17, 15) is 14.9 Å². The van der Waals surface area contributed by atoms with Crippen LogP contribution in [0.15, 0.2) is 53.6 Å². The number of halogens is 1. The van der Waals surface area contributed by atoms with Crippen molar-refractivity contribution in [3.8, 4) is 5.75 Å². The molecule has 24 heavy (non-hydrogen) atoms. The number of hydrogen-bond acceptors (Lipinski definition) is 5. The molecule has 0 saturated heterocycles. The Morgan fingerprint density at radius 2 is 2.04 bits per heavy atom. The Balaban J connectivity index is 1.93. The van der Waals surface area contributed by atoms with Gasteiger partial charge in [0.2, 0.25) is 0 Å². The van der Waals surface area contributed by atoms with Gasteiger partial charge in [0.15, 0.2) is 6.61 Å². The Morgan fingerprint density at radius 3 is 2.75 bits per heavy atom. The van der Waals surface area contributed by atoms with Crippen molar-refractivity contribution in [2.75, 3.05) is 6.61 Å². The van der Waals surface area contributed by atoms with Gasteiger partial charge in [0, 0.05) is 22.7 Å². The van der Waals surface area contributed by atoms with Crippen molar-refractivity contribution < 1.29 is 14.5 Å². The van der Waals surface area contributed by atoms with Crippen LogP contribution in [0.3, 0.4) is 0 Å². The highest BCUT2D eigenvalue weighted by molar-refractivity contribution is 6.30. The molecule has 0 unspecified atom stereocenters. The first kappa shape index (κ1) is 17.4. The first-order valence-corrected chi connectivity index (χ1v) is 7.30. The molecular weight excluding hydrogens is 334 g/mol. The molecule has 0 bridgehead atoms. The maximum Gasteiger partial charge on any atom is 0.277 e. The standard InChI is InChI=1S/C16H14ClN3O4/c1-11(12-4-2-6-14(8-12)20(22)23)18-19-16(21)10-24-15-7-3-5-13(17)9-15/h2-9H,10H2,1H3,(H,19,21)/b18-11-. The van der Waals surface area contributed by atoms with E-state index in [1.54, 1.807) is 43.3 Å². The summed E-state index contributed by atoms with van der Waals surface area (Å²) in [5.74, 6) is 0.0109. The van der Waals surface area contributed by atoms with E-state index in [-0.39, 0.29) is 12.3 Å². The Labute approximate surface area is 143 Å². The summed E-state index contributed by atoms with van der Waals surface area (Å²) < 4.78 is 5.28. The Hall–Kier alpha value is -2.93. The van der Waals surface area contributed by atoms with Crippen LogP contribution in [-0.4, -0.2) is 23.1 Å². The normalized spacial score (nSPS) is 11.0. The number of carbonyl (C=O) groups is 1. The number of hydrazone groups is 1. The fourth-order valence-electron chi connectivity index (χ4n) is 1.79. The Kier molecular flexibility index (Phi) is 5.86. The quantitative estimate of drug-likeness (QED) is 0.493. The maximum atomic E-state index is 11.7. The van der Waals surface area contributed by atoms with Crippen molar-refractivity contribution in [1.29, 1.82) is 0 Å². The van der Waals surface area contributed by atoms with Crippen LogP contribution < -0.4 is 10.2 Å². The number of non-ortho nitro benzene ring substituents is 1. The summed E-state index contributed by atoms with van der Waals surface area (Å²) in [7, 11) is 0. The van der Waals surface area contributed by atoms with Crippen LogP contribution in [0, 0.1) is 10.1 Å². The van der Waals surface area contributed by atoms with Gasteiger partial charge in [-0.15, -0.1) is 0 Å². The second-order valence-corrected chi connectivity index (χ2v) is 5.22. The number of hydrogen-bond donors (Lipinski definition) is 1. The van der Waals surface area contributed by atoms with Crippen LogP contribution in [0.25, 0.3) is 0 Å². The van der Waals surface area contributed by atoms with Crippen LogP contribution >= 0.6 is 11.6 Å². The summed E-state index contributed by atoms with van der Waals surface area (Å²) in [6.45, 7) is 1.41.